The van der Waals surface area contributed by atoms with E-state index >= 15 is 0 Å². The van der Waals surface area contributed by atoms with Crippen LogP contribution in [0, 0.1) is 0 Å². The van der Waals surface area contributed by atoms with E-state index in [4.69, 9.17) is 19.9 Å². The average molecular weight is 747 g/mol. The molecule has 0 N–H and O–H groups in total. The van der Waals surface area contributed by atoms with E-state index in [0.29, 0.717) is 17.5 Å². The molecule has 0 aliphatic carbocycles. The molecule has 57 heavy (non-hydrogen) atoms. The first-order valence-electron chi connectivity index (χ1n) is 19.0. The number of rotatable bonds is 8. The van der Waals surface area contributed by atoms with Crippen molar-refractivity contribution < 1.29 is 0 Å². The van der Waals surface area contributed by atoms with Crippen molar-refractivity contribution in [3.8, 4) is 89.2 Å². The van der Waals surface area contributed by atoms with Crippen LogP contribution in [0.4, 0.5) is 0 Å². The predicted molar refractivity (Wildman–Crippen MR) is 236 cm³/mol. The molecule has 0 atom stereocenters. The summed E-state index contributed by atoms with van der Waals surface area (Å²) in [4.78, 5) is 20.2. The van der Waals surface area contributed by atoms with Crippen LogP contribution in [0.25, 0.3) is 99.5 Å². The number of nitrogens with zero attached hydrogens (tertiary/aromatic N) is 4. The summed E-state index contributed by atoms with van der Waals surface area (Å²) >= 11 is 1.69. The van der Waals surface area contributed by atoms with Crippen molar-refractivity contribution in [2.75, 3.05) is 0 Å². The van der Waals surface area contributed by atoms with Crippen molar-refractivity contribution in [1.29, 1.82) is 0 Å². The summed E-state index contributed by atoms with van der Waals surface area (Å²) in [5.74, 6) is 1.85. The van der Waals surface area contributed by atoms with Crippen LogP contribution in [0.2, 0.25) is 0 Å². The topological polar surface area (TPSA) is 51.6 Å². The van der Waals surface area contributed by atoms with Gasteiger partial charge in [-0.1, -0.05) is 182 Å². The highest BCUT2D eigenvalue weighted by Crippen LogP contribution is 2.35. The number of thiazole rings is 1. The molecule has 10 rings (SSSR count). The molecule has 0 unspecified atom stereocenters. The lowest BCUT2D eigenvalue weighted by Crippen LogP contribution is -2.00. The Kier molecular flexibility index (Phi) is 9.03. The molecule has 0 saturated carbocycles. The molecule has 0 aliphatic rings. The van der Waals surface area contributed by atoms with Crippen molar-refractivity contribution in [3.05, 3.63) is 206 Å². The van der Waals surface area contributed by atoms with Crippen LogP contribution < -0.4 is 0 Å². The summed E-state index contributed by atoms with van der Waals surface area (Å²) < 4.78 is 1.11. The van der Waals surface area contributed by atoms with E-state index in [0.717, 1.165) is 48.6 Å². The second-order valence-electron chi connectivity index (χ2n) is 13.9. The molecule has 0 radical (unpaired) electrons. The van der Waals surface area contributed by atoms with Crippen LogP contribution in [0.3, 0.4) is 0 Å². The molecule has 0 aliphatic heterocycles. The van der Waals surface area contributed by atoms with Gasteiger partial charge in [-0.2, -0.15) is 0 Å². The quantitative estimate of drug-likeness (QED) is 0.155. The Bertz CT molecular complexity index is 2860. The van der Waals surface area contributed by atoms with E-state index in [1.54, 1.807) is 11.3 Å². The highest BCUT2D eigenvalue weighted by molar-refractivity contribution is 7.21. The largest absolute Gasteiger partial charge is 0.236 e. The minimum atomic E-state index is 0.604. The van der Waals surface area contributed by atoms with Crippen molar-refractivity contribution in [2.24, 2.45) is 0 Å². The monoisotopic (exact) mass is 746 g/mol. The molecule has 0 amide bonds. The van der Waals surface area contributed by atoms with Crippen LogP contribution in [-0.2, 0) is 0 Å². The Morgan fingerprint density at radius 3 is 1.09 bits per heavy atom. The highest BCUT2D eigenvalue weighted by atomic mass is 32.1. The zero-order valence-electron chi connectivity index (χ0n) is 30.8. The fraction of sp³-hybridized carbons (Fsp3) is 0. The maximum atomic E-state index is 5.11. The third kappa shape index (κ3) is 7.16. The summed E-state index contributed by atoms with van der Waals surface area (Å²) in [5, 5.41) is 0.973. The van der Waals surface area contributed by atoms with Gasteiger partial charge < -0.3 is 0 Å². The molecule has 0 bridgehead atoms. The zero-order valence-corrected chi connectivity index (χ0v) is 31.6. The zero-order chi connectivity index (χ0) is 38.0. The normalized spacial score (nSPS) is 11.2. The molecule has 0 saturated heterocycles. The van der Waals surface area contributed by atoms with Gasteiger partial charge in [0.05, 0.1) is 10.2 Å². The second-order valence-corrected chi connectivity index (χ2v) is 14.9. The lowest BCUT2D eigenvalue weighted by atomic mass is 9.98. The summed E-state index contributed by atoms with van der Waals surface area (Å²) in [7, 11) is 0. The van der Waals surface area contributed by atoms with E-state index in [1.165, 1.54) is 33.4 Å². The van der Waals surface area contributed by atoms with Crippen LogP contribution >= 0.6 is 11.3 Å². The summed E-state index contributed by atoms with van der Waals surface area (Å²) in [6.45, 7) is 0. The second kappa shape index (κ2) is 15.1. The Labute approximate surface area is 335 Å². The molecule has 4 nitrogen and oxygen atoms in total. The van der Waals surface area contributed by atoms with Gasteiger partial charge in [0.2, 0.25) is 0 Å². The lowest BCUT2D eigenvalue weighted by molar-refractivity contribution is 1.07. The predicted octanol–water partition coefficient (Wildman–Crippen LogP) is 13.8. The first-order valence-corrected chi connectivity index (χ1v) is 19.8. The van der Waals surface area contributed by atoms with E-state index in [1.807, 2.05) is 18.2 Å². The molecular formula is C52H34N4S. The van der Waals surface area contributed by atoms with Gasteiger partial charge in [-0.25, -0.2) is 19.9 Å². The minimum absolute atomic E-state index is 0.604. The molecule has 0 fully saturated rings. The third-order valence-corrected chi connectivity index (χ3v) is 11.3. The van der Waals surface area contributed by atoms with Gasteiger partial charge in [-0.05, 0) is 68.8 Å². The Hall–Kier alpha value is -7.34. The number of hydrogen-bond donors (Lipinski definition) is 0. The fourth-order valence-electron chi connectivity index (χ4n) is 7.15. The molecule has 10 aromatic rings. The number of hydrogen-bond acceptors (Lipinski definition) is 5. The standard InChI is InChI=1S/C52H34N4S/c1-4-11-35(12-5-1)38-19-25-41(26-20-38)49-54-50(42-27-21-39(22-28-42)36-13-6-2-7-14-36)56-51(55-49)46-31-32-48-47(34-46)53-52(57-48)43-29-23-40(24-30-43)45-18-10-17-44(33-45)37-15-8-3-9-16-37/h1-34H. The number of fused-ring (bicyclic) bond motifs is 1. The number of benzene rings is 8. The van der Waals surface area contributed by atoms with Crippen LogP contribution in [0.1, 0.15) is 0 Å². The van der Waals surface area contributed by atoms with Crippen molar-refractivity contribution in [2.45, 2.75) is 0 Å². The minimum Gasteiger partial charge on any atom is -0.236 e. The molecule has 8 aromatic carbocycles. The average Bonchev–Trinajstić information content (AvgIpc) is 3.74. The first-order chi connectivity index (χ1) is 28.2. The van der Waals surface area contributed by atoms with E-state index < -0.39 is 0 Å². The SMILES string of the molecule is c1ccc(-c2ccc(-c3nc(-c4ccc(-c5ccccc5)cc4)nc(-c4ccc5sc(-c6ccc(-c7cccc(-c8ccccc8)c7)cc6)nc5c4)n3)cc2)cc1. The van der Waals surface area contributed by atoms with Gasteiger partial charge >= 0.3 is 0 Å². The molecule has 2 heterocycles. The highest BCUT2D eigenvalue weighted by Gasteiger charge is 2.15. The third-order valence-electron chi connectivity index (χ3n) is 10.2. The van der Waals surface area contributed by atoms with E-state index in [9.17, 15) is 0 Å². The van der Waals surface area contributed by atoms with Gasteiger partial charge in [0, 0.05) is 22.3 Å². The maximum Gasteiger partial charge on any atom is 0.164 e. The van der Waals surface area contributed by atoms with Gasteiger partial charge in [0.15, 0.2) is 17.5 Å². The first kappa shape index (κ1) is 34.2. The molecular weight excluding hydrogens is 713 g/mol. The molecule has 0 spiro atoms. The maximum absolute atomic E-state index is 5.11. The van der Waals surface area contributed by atoms with E-state index in [-0.39, 0.29) is 0 Å². The van der Waals surface area contributed by atoms with Crippen LogP contribution in [0.15, 0.2) is 206 Å². The molecule has 268 valence electrons. The number of aromatic nitrogens is 4. The van der Waals surface area contributed by atoms with Crippen molar-refractivity contribution in [1.82, 2.24) is 19.9 Å². The summed E-state index contributed by atoms with van der Waals surface area (Å²) in [6, 6.07) is 71.8. The lowest BCUT2D eigenvalue weighted by Gasteiger charge is -2.10. The van der Waals surface area contributed by atoms with Gasteiger partial charge in [0.25, 0.3) is 0 Å². The van der Waals surface area contributed by atoms with Gasteiger partial charge in [0.1, 0.15) is 5.01 Å². The summed E-state index contributed by atoms with van der Waals surface area (Å²) in [5.41, 5.74) is 14.1. The Morgan fingerprint density at radius 1 is 0.246 bits per heavy atom. The molecule has 2 aromatic heterocycles. The fourth-order valence-corrected chi connectivity index (χ4v) is 8.10. The smallest absolute Gasteiger partial charge is 0.164 e. The Balaban J connectivity index is 0.983. The van der Waals surface area contributed by atoms with E-state index in [2.05, 4.69) is 188 Å². The van der Waals surface area contributed by atoms with Crippen molar-refractivity contribution >= 4 is 21.6 Å². The van der Waals surface area contributed by atoms with Gasteiger partial charge in [-0.3, -0.25) is 0 Å². The van der Waals surface area contributed by atoms with Crippen LogP contribution in [-0.4, -0.2) is 19.9 Å². The van der Waals surface area contributed by atoms with Crippen molar-refractivity contribution in [3.63, 3.8) is 0 Å². The summed E-state index contributed by atoms with van der Waals surface area (Å²) in [6.07, 6.45) is 0. The van der Waals surface area contributed by atoms with Gasteiger partial charge in [-0.15, -0.1) is 11.3 Å². The Morgan fingerprint density at radius 2 is 0.596 bits per heavy atom. The van der Waals surface area contributed by atoms with Crippen LogP contribution in [0.5, 0.6) is 0 Å². The molecule has 5 heteroatoms.